The summed E-state index contributed by atoms with van der Waals surface area (Å²) in [5.74, 6) is 0. The Balaban J connectivity index is 1.92. The van der Waals surface area contributed by atoms with Crippen LogP contribution in [0.25, 0.3) is 44.9 Å². The van der Waals surface area contributed by atoms with E-state index in [0.29, 0.717) is 0 Å². The molecule has 4 heteroatoms. The van der Waals surface area contributed by atoms with Crippen LogP contribution in [0.3, 0.4) is 0 Å². The van der Waals surface area contributed by atoms with Crippen molar-refractivity contribution in [1.82, 2.24) is 19.9 Å². The zero-order valence-electron chi connectivity index (χ0n) is 18.1. The highest BCUT2D eigenvalue weighted by molar-refractivity contribution is 5.92. The molecular formula is C26H26N4. The van der Waals surface area contributed by atoms with Crippen LogP contribution < -0.4 is 0 Å². The Morgan fingerprint density at radius 3 is 1.97 bits per heavy atom. The molecule has 0 saturated carbocycles. The third-order valence-electron chi connectivity index (χ3n) is 6.07. The van der Waals surface area contributed by atoms with Crippen LogP contribution in [0.1, 0.15) is 61.1 Å². The first-order chi connectivity index (χ1) is 14.4. The molecule has 150 valence electrons. The topological polar surface area (TPSA) is 57.4 Å². The third-order valence-corrected chi connectivity index (χ3v) is 6.07. The van der Waals surface area contributed by atoms with Crippen molar-refractivity contribution in [3.05, 3.63) is 70.3 Å². The molecule has 0 saturated heterocycles. The Kier molecular flexibility index (Phi) is 4.24. The molecule has 3 aromatic heterocycles. The Hall–Kier alpha value is -3.40. The molecule has 0 aromatic carbocycles. The second-order valence-corrected chi connectivity index (χ2v) is 8.31. The fourth-order valence-corrected chi connectivity index (χ4v) is 4.35. The van der Waals surface area contributed by atoms with Gasteiger partial charge in [0.2, 0.25) is 0 Å². The fraction of sp³-hybridized carbons (Fsp3) is 0.231. The lowest BCUT2D eigenvalue weighted by Crippen LogP contribution is -1.82. The normalized spacial score (nSPS) is 13.7. The Morgan fingerprint density at radius 1 is 0.700 bits per heavy atom. The van der Waals surface area contributed by atoms with Crippen LogP contribution in [0.15, 0.2) is 36.4 Å². The minimum Gasteiger partial charge on any atom is -0.355 e. The number of hydrogen-bond acceptors (Lipinski definition) is 2. The molecule has 30 heavy (non-hydrogen) atoms. The number of allylic oxidation sites excluding steroid dienone is 3. The van der Waals surface area contributed by atoms with E-state index in [9.17, 15) is 0 Å². The molecule has 5 heterocycles. The number of aromatic amines is 2. The van der Waals surface area contributed by atoms with Crippen LogP contribution >= 0.6 is 0 Å². The van der Waals surface area contributed by atoms with Crippen molar-refractivity contribution in [2.24, 2.45) is 0 Å². The van der Waals surface area contributed by atoms with Gasteiger partial charge in [0.15, 0.2) is 0 Å². The molecule has 8 bridgehead atoms. The van der Waals surface area contributed by atoms with Gasteiger partial charge in [0.1, 0.15) is 0 Å². The van der Waals surface area contributed by atoms with Gasteiger partial charge in [-0.05, 0) is 104 Å². The number of fused-ring (bicyclic) bond motifs is 8. The maximum atomic E-state index is 4.98. The van der Waals surface area contributed by atoms with E-state index in [0.717, 1.165) is 51.3 Å². The van der Waals surface area contributed by atoms with Gasteiger partial charge in [0.25, 0.3) is 0 Å². The van der Waals surface area contributed by atoms with Crippen LogP contribution in [-0.2, 0) is 0 Å². The predicted octanol–water partition coefficient (Wildman–Crippen LogP) is 6.83. The van der Waals surface area contributed by atoms with Crippen molar-refractivity contribution >= 4 is 44.9 Å². The van der Waals surface area contributed by atoms with Gasteiger partial charge in [-0.25, -0.2) is 9.97 Å². The van der Waals surface area contributed by atoms with Gasteiger partial charge in [-0.15, -0.1) is 0 Å². The molecule has 0 aliphatic carbocycles. The third kappa shape index (κ3) is 3.09. The Morgan fingerprint density at radius 2 is 1.33 bits per heavy atom. The zero-order chi connectivity index (χ0) is 21.0. The number of hydrogen-bond donors (Lipinski definition) is 2. The average Bonchev–Trinajstić information content (AvgIpc) is 3.39. The first-order valence-corrected chi connectivity index (χ1v) is 10.5. The standard InChI is InChI=1S/C26H26N4/c1-6-21-17(5)25-13-24-15(3)8-19(28-24)10-18-7-14(2)22(27-18)12-23-16(4)9-20(29-23)11-26(21)30-25/h7-13,27-28H,6H2,1-5H3. The summed E-state index contributed by atoms with van der Waals surface area (Å²) in [4.78, 5) is 16.9. The molecule has 5 rings (SSSR count). The lowest BCUT2D eigenvalue weighted by molar-refractivity contribution is 1.20. The summed E-state index contributed by atoms with van der Waals surface area (Å²) in [6.45, 7) is 10.7. The van der Waals surface area contributed by atoms with Gasteiger partial charge in [0, 0.05) is 22.1 Å². The monoisotopic (exact) mass is 394 g/mol. The summed E-state index contributed by atoms with van der Waals surface area (Å²) in [5.41, 5.74) is 14.5. The number of nitrogens with one attached hydrogen (secondary N) is 2. The molecule has 0 amide bonds. The van der Waals surface area contributed by atoms with Gasteiger partial charge >= 0.3 is 0 Å². The van der Waals surface area contributed by atoms with Crippen molar-refractivity contribution in [3.8, 4) is 0 Å². The van der Waals surface area contributed by atoms with Crippen molar-refractivity contribution in [2.75, 3.05) is 0 Å². The minimum absolute atomic E-state index is 0.948. The molecule has 0 unspecified atom stereocenters. The SMILES string of the molecule is CCC1=C(C)c2cc3[nH]c(cc3C)cc3cc(C)c(cc4nc(cc1n2)C=C4C)[nH]3. The summed E-state index contributed by atoms with van der Waals surface area (Å²) in [5, 5.41) is 0. The van der Waals surface area contributed by atoms with Crippen LogP contribution in [0.4, 0.5) is 0 Å². The number of rotatable bonds is 1. The molecule has 3 aromatic rings. The second kappa shape index (κ2) is 6.84. The first-order valence-electron chi connectivity index (χ1n) is 10.5. The summed E-state index contributed by atoms with van der Waals surface area (Å²) in [6, 6.07) is 12.9. The zero-order valence-corrected chi connectivity index (χ0v) is 18.1. The van der Waals surface area contributed by atoms with Gasteiger partial charge < -0.3 is 9.97 Å². The number of nitrogens with zero attached hydrogens (tertiary/aromatic N) is 2. The smallest absolute Gasteiger partial charge is 0.0693 e. The van der Waals surface area contributed by atoms with Gasteiger partial charge in [0.05, 0.1) is 22.8 Å². The van der Waals surface area contributed by atoms with Crippen molar-refractivity contribution in [2.45, 2.75) is 41.0 Å². The molecule has 2 N–H and O–H groups in total. The van der Waals surface area contributed by atoms with Crippen LogP contribution in [-0.4, -0.2) is 19.9 Å². The minimum atomic E-state index is 0.948. The van der Waals surface area contributed by atoms with Crippen LogP contribution in [0.5, 0.6) is 0 Å². The summed E-state index contributed by atoms with van der Waals surface area (Å²) < 4.78 is 0. The number of H-pyrrole nitrogens is 2. The second-order valence-electron chi connectivity index (χ2n) is 8.31. The molecule has 0 atom stereocenters. The van der Waals surface area contributed by atoms with Crippen molar-refractivity contribution < 1.29 is 0 Å². The summed E-state index contributed by atoms with van der Waals surface area (Å²) >= 11 is 0. The van der Waals surface area contributed by atoms with Gasteiger partial charge in [-0.1, -0.05) is 6.92 Å². The molecular weight excluding hydrogens is 368 g/mol. The van der Waals surface area contributed by atoms with E-state index in [1.54, 1.807) is 0 Å². The fourth-order valence-electron chi connectivity index (χ4n) is 4.35. The van der Waals surface area contributed by atoms with E-state index in [1.165, 1.54) is 27.8 Å². The highest BCUT2D eigenvalue weighted by Gasteiger charge is 2.16. The molecule has 2 aliphatic heterocycles. The highest BCUT2D eigenvalue weighted by atomic mass is 14.8. The summed E-state index contributed by atoms with van der Waals surface area (Å²) in [7, 11) is 0. The quantitative estimate of drug-likeness (QED) is 0.475. The predicted molar refractivity (Wildman–Crippen MR) is 127 cm³/mol. The van der Waals surface area contributed by atoms with E-state index < -0.39 is 0 Å². The summed E-state index contributed by atoms with van der Waals surface area (Å²) in [6.07, 6.45) is 3.09. The van der Waals surface area contributed by atoms with Crippen LogP contribution in [0.2, 0.25) is 0 Å². The largest absolute Gasteiger partial charge is 0.355 e. The maximum absolute atomic E-state index is 4.98. The van der Waals surface area contributed by atoms with E-state index >= 15 is 0 Å². The van der Waals surface area contributed by atoms with Crippen LogP contribution in [0, 0.1) is 13.8 Å². The number of aryl methyl sites for hydroxylation is 2. The van der Waals surface area contributed by atoms with Crippen molar-refractivity contribution in [1.29, 1.82) is 0 Å². The molecule has 0 fully saturated rings. The van der Waals surface area contributed by atoms with Gasteiger partial charge in [-0.3, -0.25) is 0 Å². The van der Waals surface area contributed by atoms with Crippen molar-refractivity contribution in [3.63, 3.8) is 0 Å². The Labute approximate surface area is 176 Å². The first kappa shape index (κ1) is 18.6. The van der Waals surface area contributed by atoms with E-state index in [1.807, 2.05) is 0 Å². The highest BCUT2D eigenvalue weighted by Crippen LogP contribution is 2.33. The molecule has 2 aliphatic rings. The average molecular weight is 395 g/mol. The Bertz CT molecular complexity index is 1410. The number of aromatic nitrogens is 4. The lowest BCUT2D eigenvalue weighted by atomic mass is 10.0. The van der Waals surface area contributed by atoms with E-state index in [4.69, 9.17) is 9.97 Å². The van der Waals surface area contributed by atoms with Gasteiger partial charge in [-0.2, -0.15) is 0 Å². The molecule has 0 radical (unpaired) electrons. The maximum Gasteiger partial charge on any atom is 0.0693 e. The molecule has 4 nitrogen and oxygen atoms in total. The van der Waals surface area contributed by atoms with E-state index in [2.05, 4.69) is 87.1 Å². The van der Waals surface area contributed by atoms with E-state index in [-0.39, 0.29) is 0 Å². The molecule has 0 spiro atoms. The lowest BCUT2D eigenvalue weighted by Gasteiger charge is -1.98.